The van der Waals surface area contributed by atoms with Crippen molar-refractivity contribution in [2.24, 2.45) is 5.90 Å². The highest BCUT2D eigenvalue weighted by atomic mass is 19.1. The average Bonchev–Trinajstić information content (AvgIpc) is 2.13. The number of rotatable bonds is 2. The Morgan fingerprint density at radius 3 is 2.90 bits per heavy atom. The monoisotopic (exact) mass is 148 g/mol. The van der Waals surface area contributed by atoms with Crippen LogP contribution in [0.5, 0.6) is 0 Å². The summed E-state index contributed by atoms with van der Waals surface area (Å²) in [5.74, 6) is 4.87. The lowest BCUT2D eigenvalue weighted by molar-refractivity contribution is 0.0869. The van der Waals surface area contributed by atoms with E-state index in [0.717, 1.165) is 0 Å². The van der Waals surface area contributed by atoms with Gasteiger partial charge in [0.1, 0.15) is 6.17 Å². The zero-order valence-corrected chi connectivity index (χ0v) is 6.09. The fraction of sp³-hybridized carbons (Fsp3) is 1.00. The molecular formula is C6H13FN2O. The van der Waals surface area contributed by atoms with E-state index in [1.54, 1.807) is 0 Å². The van der Waals surface area contributed by atoms with Crippen molar-refractivity contribution in [3.63, 3.8) is 0 Å². The Bertz CT molecular complexity index is 112. The maximum atomic E-state index is 12.6. The molecule has 0 aromatic rings. The van der Waals surface area contributed by atoms with Gasteiger partial charge in [0.05, 0.1) is 6.61 Å². The fourth-order valence-corrected chi connectivity index (χ4v) is 1.32. The number of alkyl halides is 1. The molecule has 1 heterocycles. The highest BCUT2D eigenvalue weighted by Crippen LogP contribution is 2.17. The lowest BCUT2D eigenvalue weighted by Crippen LogP contribution is -2.30. The van der Waals surface area contributed by atoms with Crippen molar-refractivity contribution in [3.05, 3.63) is 0 Å². The van der Waals surface area contributed by atoms with E-state index in [1.807, 2.05) is 11.9 Å². The molecule has 0 saturated carbocycles. The first-order valence-electron chi connectivity index (χ1n) is 3.40. The standard InChI is InChI=1S/C6H13FN2O/c1-9-3-5(7)2-6(9)4-10-8/h5-6H,2-4,8H2,1H3/t5-,6+/m0/s1. The lowest BCUT2D eigenvalue weighted by Gasteiger charge is -2.16. The first-order chi connectivity index (χ1) is 4.74. The smallest absolute Gasteiger partial charge is 0.114 e. The van der Waals surface area contributed by atoms with Crippen LogP contribution in [-0.2, 0) is 4.84 Å². The Morgan fingerprint density at radius 2 is 2.50 bits per heavy atom. The maximum absolute atomic E-state index is 12.6. The highest BCUT2D eigenvalue weighted by Gasteiger charge is 2.28. The quantitative estimate of drug-likeness (QED) is 0.557. The van der Waals surface area contributed by atoms with E-state index >= 15 is 0 Å². The molecule has 1 rings (SSSR count). The molecule has 0 aliphatic carbocycles. The molecule has 1 aliphatic heterocycles. The van der Waals surface area contributed by atoms with Crippen molar-refractivity contribution in [3.8, 4) is 0 Å². The van der Waals surface area contributed by atoms with Gasteiger partial charge in [0.25, 0.3) is 0 Å². The summed E-state index contributed by atoms with van der Waals surface area (Å²) < 4.78 is 12.6. The summed E-state index contributed by atoms with van der Waals surface area (Å²) in [5, 5.41) is 0. The molecule has 1 aliphatic rings. The van der Waals surface area contributed by atoms with Gasteiger partial charge >= 0.3 is 0 Å². The van der Waals surface area contributed by atoms with Gasteiger partial charge in [-0.2, -0.15) is 0 Å². The number of nitrogens with zero attached hydrogens (tertiary/aromatic N) is 1. The van der Waals surface area contributed by atoms with Crippen molar-refractivity contribution in [2.45, 2.75) is 18.6 Å². The molecule has 2 N–H and O–H groups in total. The van der Waals surface area contributed by atoms with E-state index in [2.05, 4.69) is 4.84 Å². The third kappa shape index (κ3) is 1.65. The Morgan fingerprint density at radius 1 is 1.80 bits per heavy atom. The lowest BCUT2D eigenvalue weighted by atomic mass is 10.2. The fourth-order valence-electron chi connectivity index (χ4n) is 1.32. The van der Waals surface area contributed by atoms with Gasteiger partial charge in [-0.15, -0.1) is 0 Å². The molecule has 0 amide bonds. The molecule has 0 aromatic carbocycles. The molecule has 2 atom stereocenters. The van der Waals surface area contributed by atoms with Crippen LogP contribution >= 0.6 is 0 Å². The number of likely N-dealkylation sites (tertiary alicyclic amines) is 1. The largest absolute Gasteiger partial charge is 0.303 e. The zero-order chi connectivity index (χ0) is 7.56. The van der Waals surface area contributed by atoms with Gasteiger partial charge in [-0.05, 0) is 13.5 Å². The molecule has 0 spiro atoms. The maximum Gasteiger partial charge on any atom is 0.114 e. The first-order valence-corrected chi connectivity index (χ1v) is 3.40. The van der Waals surface area contributed by atoms with E-state index < -0.39 is 6.17 Å². The van der Waals surface area contributed by atoms with Gasteiger partial charge in [0.2, 0.25) is 0 Å². The predicted octanol–water partition coefficient (Wildman–Crippen LogP) is -0.0811. The summed E-state index contributed by atoms with van der Waals surface area (Å²) in [4.78, 5) is 6.36. The van der Waals surface area contributed by atoms with Crippen LogP contribution in [0.4, 0.5) is 4.39 Å². The van der Waals surface area contributed by atoms with Crippen LogP contribution in [0.2, 0.25) is 0 Å². The summed E-state index contributed by atoms with van der Waals surface area (Å²) in [7, 11) is 1.88. The Balaban J connectivity index is 2.31. The summed E-state index contributed by atoms with van der Waals surface area (Å²) in [6, 6.07) is 0.167. The van der Waals surface area contributed by atoms with Crippen molar-refractivity contribution >= 4 is 0 Å². The van der Waals surface area contributed by atoms with Crippen LogP contribution in [0.1, 0.15) is 6.42 Å². The zero-order valence-electron chi connectivity index (χ0n) is 6.09. The number of nitrogens with two attached hydrogens (primary N) is 1. The van der Waals surface area contributed by atoms with E-state index in [4.69, 9.17) is 5.90 Å². The van der Waals surface area contributed by atoms with Crippen LogP contribution in [0, 0.1) is 0 Å². The van der Waals surface area contributed by atoms with Crippen molar-refractivity contribution in [2.75, 3.05) is 20.2 Å². The van der Waals surface area contributed by atoms with E-state index in [9.17, 15) is 4.39 Å². The molecule has 0 radical (unpaired) electrons. The number of likely N-dealkylation sites (N-methyl/N-ethyl adjacent to an activating group) is 1. The van der Waals surface area contributed by atoms with Crippen LogP contribution in [0.15, 0.2) is 0 Å². The van der Waals surface area contributed by atoms with E-state index in [0.29, 0.717) is 19.6 Å². The first kappa shape index (κ1) is 7.91. The summed E-state index contributed by atoms with van der Waals surface area (Å²) >= 11 is 0. The van der Waals surface area contributed by atoms with Crippen molar-refractivity contribution < 1.29 is 9.23 Å². The third-order valence-electron chi connectivity index (χ3n) is 1.93. The van der Waals surface area contributed by atoms with Gasteiger partial charge in [-0.3, -0.25) is 4.90 Å². The van der Waals surface area contributed by atoms with Crippen LogP contribution < -0.4 is 5.90 Å². The molecule has 60 valence electrons. The molecule has 0 unspecified atom stereocenters. The van der Waals surface area contributed by atoms with Gasteiger partial charge < -0.3 is 4.84 Å². The second kappa shape index (κ2) is 3.27. The van der Waals surface area contributed by atoms with Gasteiger partial charge in [0, 0.05) is 12.6 Å². The minimum atomic E-state index is -0.704. The normalized spacial score (nSPS) is 35.1. The van der Waals surface area contributed by atoms with E-state index in [1.165, 1.54) is 0 Å². The molecule has 0 aromatic heterocycles. The molecule has 4 heteroatoms. The molecule has 3 nitrogen and oxygen atoms in total. The Kier molecular flexibility index (Phi) is 2.59. The number of hydrogen-bond acceptors (Lipinski definition) is 3. The van der Waals surface area contributed by atoms with Crippen molar-refractivity contribution in [1.29, 1.82) is 0 Å². The van der Waals surface area contributed by atoms with Crippen LogP contribution in [0.3, 0.4) is 0 Å². The molecule has 1 saturated heterocycles. The molecule has 10 heavy (non-hydrogen) atoms. The summed E-state index contributed by atoms with van der Waals surface area (Å²) in [6.07, 6.45) is -0.154. The average molecular weight is 148 g/mol. The van der Waals surface area contributed by atoms with Crippen LogP contribution in [0.25, 0.3) is 0 Å². The van der Waals surface area contributed by atoms with E-state index in [-0.39, 0.29) is 6.04 Å². The summed E-state index contributed by atoms with van der Waals surface area (Å²) in [5.41, 5.74) is 0. The second-order valence-corrected chi connectivity index (χ2v) is 2.76. The number of hydrogen-bond donors (Lipinski definition) is 1. The number of halogens is 1. The predicted molar refractivity (Wildman–Crippen MR) is 36.1 cm³/mol. The summed E-state index contributed by atoms with van der Waals surface area (Å²) in [6.45, 7) is 0.935. The van der Waals surface area contributed by atoms with Gasteiger partial charge in [0.15, 0.2) is 0 Å². The minimum absolute atomic E-state index is 0.167. The van der Waals surface area contributed by atoms with Crippen LogP contribution in [-0.4, -0.2) is 37.3 Å². The third-order valence-corrected chi connectivity index (χ3v) is 1.93. The Labute approximate surface area is 59.9 Å². The van der Waals surface area contributed by atoms with Gasteiger partial charge in [-0.1, -0.05) is 0 Å². The van der Waals surface area contributed by atoms with Gasteiger partial charge in [-0.25, -0.2) is 10.3 Å². The topological polar surface area (TPSA) is 38.5 Å². The Hall–Kier alpha value is -0.190. The second-order valence-electron chi connectivity index (χ2n) is 2.76. The highest BCUT2D eigenvalue weighted by molar-refractivity contribution is 4.82. The minimum Gasteiger partial charge on any atom is -0.303 e. The molecule has 1 fully saturated rings. The SMILES string of the molecule is CN1C[C@@H](F)C[C@@H]1CON. The van der Waals surface area contributed by atoms with Crippen molar-refractivity contribution in [1.82, 2.24) is 4.90 Å². The molecule has 0 bridgehead atoms. The molecular weight excluding hydrogens is 135 g/mol.